The number of carbonyl (C=O) groups is 1. The summed E-state index contributed by atoms with van der Waals surface area (Å²) in [6.07, 6.45) is 1.50. The van der Waals surface area contributed by atoms with Gasteiger partial charge in [0, 0.05) is 29.3 Å². The summed E-state index contributed by atoms with van der Waals surface area (Å²) in [5.74, 6) is 0.0294. The van der Waals surface area contributed by atoms with Crippen molar-refractivity contribution in [2.45, 2.75) is 19.8 Å². The van der Waals surface area contributed by atoms with Gasteiger partial charge in [0.15, 0.2) is 0 Å². The van der Waals surface area contributed by atoms with Gasteiger partial charge in [0.1, 0.15) is 0 Å². The minimum Gasteiger partial charge on any atom is -0.355 e. The summed E-state index contributed by atoms with van der Waals surface area (Å²) in [6, 6.07) is 7.62. The van der Waals surface area contributed by atoms with Crippen molar-refractivity contribution >= 4 is 28.8 Å². The highest BCUT2D eigenvalue weighted by atomic mass is 35.5. The van der Waals surface area contributed by atoms with Crippen LogP contribution < -0.4 is 5.32 Å². The molecule has 0 aliphatic rings. The maximum atomic E-state index is 12.0. The van der Waals surface area contributed by atoms with Gasteiger partial charge in [-0.3, -0.25) is 4.79 Å². The summed E-state index contributed by atoms with van der Waals surface area (Å²) < 4.78 is 0. The SMILES string of the molecule is CC(Cc1ccc(Cl)cc1)C(=O)NCCc1cscn1. The Hall–Kier alpha value is -1.39. The quantitative estimate of drug-likeness (QED) is 0.889. The first-order chi connectivity index (χ1) is 9.65. The minimum atomic E-state index is -0.0494. The molecule has 5 heteroatoms. The summed E-state index contributed by atoms with van der Waals surface area (Å²) in [7, 11) is 0. The zero-order chi connectivity index (χ0) is 14.4. The average Bonchev–Trinajstić information content (AvgIpc) is 2.94. The van der Waals surface area contributed by atoms with Crippen LogP contribution in [0, 0.1) is 5.92 Å². The number of hydrogen-bond acceptors (Lipinski definition) is 3. The Bertz CT molecular complexity index is 540. The molecule has 1 atom stereocenters. The summed E-state index contributed by atoms with van der Waals surface area (Å²) in [6.45, 7) is 2.57. The van der Waals surface area contributed by atoms with Crippen molar-refractivity contribution in [3.8, 4) is 0 Å². The maximum absolute atomic E-state index is 12.0. The second kappa shape index (κ2) is 7.41. The molecule has 0 aliphatic carbocycles. The molecule has 1 amide bonds. The van der Waals surface area contributed by atoms with E-state index in [1.165, 1.54) is 0 Å². The summed E-state index contributed by atoms with van der Waals surface area (Å²) in [4.78, 5) is 16.2. The Morgan fingerprint density at radius 3 is 2.80 bits per heavy atom. The van der Waals surface area contributed by atoms with Crippen LogP contribution in [0.15, 0.2) is 35.2 Å². The van der Waals surface area contributed by atoms with Gasteiger partial charge in [-0.1, -0.05) is 30.7 Å². The minimum absolute atomic E-state index is 0.0494. The zero-order valence-electron chi connectivity index (χ0n) is 11.3. The van der Waals surface area contributed by atoms with Gasteiger partial charge in [0.25, 0.3) is 0 Å². The lowest BCUT2D eigenvalue weighted by atomic mass is 10.0. The van der Waals surface area contributed by atoms with Crippen LogP contribution in [-0.4, -0.2) is 17.4 Å². The van der Waals surface area contributed by atoms with E-state index < -0.39 is 0 Å². The topological polar surface area (TPSA) is 42.0 Å². The number of thiazole rings is 1. The van der Waals surface area contributed by atoms with E-state index in [9.17, 15) is 4.79 Å². The van der Waals surface area contributed by atoms with E-state index in [-0.39, 0.29) is 11.8 Å². The van der Waals surface area contributed by atoms with Crippen LogP contribution in [0.4, 0.5) is 0 Å². The molecule has 0 spiro atoms. The highest BCUT2D eigenvalue weighted by Crippen LogP contribution is 2.13. The van der Waals surface area contributed by atoms with Gasteiger partial charge in [0.2, 0.25) is 5.91 Å². The smallest absolute Gasteiger partial charge is 0.223 e. The van der Waals surface area contributed by atoms with E-state index >= 15 is 0 Å². The maximum Gasteiger partial charge on any atom is 0.223 e. The molecule has 2 aromatic rings. The second-order valence-electron chi connectivity index (χ2n) is 4.75. The number of amides is 1. The van der Waals surface area contributed by atoms with Gasteiger partial charge in [-0.05, 0) is 24.1 Å². The molecule has 1 N–H and O–H groups in total. The van der Waals surface area contributed by atoms with Gasteiger partial charge in [-0.25, -0.2) is 4.98 Å². The third kappa shape index (κ3) is 4.62. The second-order valence-corrected chi connectivity index (χ2v) is 5.91. The van der Waals surface area contributed by atoms with E-state index in [4.69, 9.17) is 11.6 Å². The van der Waals surface area contributed by atoms with Crippen LogP contribution in [-0.2, 0) is 17.6 Å². The molecule has 3 nitrogen and oxygen atoms in total. The van der Waals surface area contributed by atoms with E-state index in [2.05, 4.69) is 10.3 Å². The van der Waals surface area contributed by atoms with Crippen molar-refractivity contribution in [1.82, 2.24) is 10.3 Å². The number of halogens is 1. The molecular formula is C15H17ClN2OS. The van der Waals surface area contributed by atoms with Crippen molar-refractivity contribution in [2.75, 3.05) is 6.54 Å². The molecule has 0 bridgehead atoms. The predicted molar refractivity (Wildman–Crippen MR) is 83.1 cm³/mol. The lowest BCUT2D eigenvalue weighted by molar-refractivity contribution is -0.124. The first kappa shape index (κ1) is 15.0. The van der Waals surface area contributed by atoms with E-state index in [0.29, 0.717) is 11.6 Å². The fourth-order valence-corrected chi connectivity index (χ4v) is 2.63. The summed E-state index contributed by atoms with van der Waals surface area (Å²) >= 11 is 7.42. The fourth-order valence-electron chi connectivity index (χ4n) is 1.92. The van der Waals surface area contributed by atoms with Crippen molar-refractivity contribution in [3.63, 3.8) is 0 Å². The van der Waals surface area contributed by atoms with Crippen molar-refractivity contribution in [3.05, 3.63) is 51.4 Å². The van der Waals surface area contributed by atoms with Crippen molar-refractivity contribution < 1.29 is 4.79 Å². The van der Waals surface area contributed by atoms with Crippen LogP contribution in [0.2, 0.25) is 5.02 Å². The molecule has 0 fully saturated rings. The van der Waals surface area contributed by atoms with Crippen LogP contribution in [0.3, 0.4) is 0 Å². The highest BCUT2D eigenvalue weighted by molar-refractivity contribution is 7.07. The zero-order valence-corrected chi connectivity index (χ0v) is 12.9. The summed E-state index contributed by atoms with van der Waals surface area (Å²) in [5.41, 5.74) is 3.96. The van der Waals surface area contributed by atoms with Crippen LogP contribution in [0.25, 0.3) is 0 Å². The van der Waals surface area contributed by atoms with E-state index in [1.807, 2.05) is 36.6 Å². The standard InChI is InChI=1S/C15H17ClN2OS/c1-11(8-12-2-4-13(16)5-3-12)15(19)17-7-6-14-9-20-10-18-14/h2-5,9-11H,6-8H2,1H3,(H,17,19). The number of nitrogens with one attached hydrogen (secondary N) is 1. The first-order valence-electron chi connectivity index (χ1n) is 6.54. The van der Waals surface area contributed by atoms with Gasteiger partial charge in [0.05, 0.1) is 11.2 Å². The van der Waals surface area contributed by atoms with Crippen molar-refractivity contribution in [1.29, 1.82) is 0 Å². The lowest BCUT2D eigenvalue weighted by Crippen LogP contribution is -2.31. The molecule has 0 saturated heterocycles. The van der Waals surface area contributed by atoms with Gasteiger partial charge in [-0.2, -0.15) is 0 Å². The predicted octanol–water partition coefficient (Wildman–Crippen LogP) is 3.33. The molecule has 0 radical (unpaired) electrons. The number of nitrogens with zero attached hydrogens (tertiary/aromatic N) is 1. The van der Waals surface area contributed by atoms with Crippen LogP contribution in [0.1, 0.15) is 18.2 Å². The lowest BCUT2D eigenvalue weighted by Gasteiger charge is -2.12. The number of hydrogen-bond donors (Lipinski definition) is 1. The molecule has 0 aliphatic heterocycles. The molecule has 20 heavy (non-hydrogen) atoms. The Labute approximate surface area is 128 Å². The third-order valence-corrected chi connectivity index (χ3v) is 3.95. The first-order valence-corrected chi connectivity index (χ1v) is 7.86. The Morgan fingerprint density at radius 1 is 1.40 bits per heavy atom. The number of carbonyl (C=O) groups excluding carboxylic acids is 1. The van der Waals surface area contributed by atoms with Crippen LogP contribution >= 0.6 is 22.9 Å². The Morgan fingerprint density at radius 2 is 2.15 bits per heavy atom. The average molecular weight is 309 g/mol. The molecular weight excluding hydrogens is 292 g/mol. The van der Waals surface area contributed by atoms with Gasteiger partial charge in [-0.15, -0.1) is 11.3 Å². The molecule has 1 aromatic heterocycles. The molecule has 1 unspecified atom stereocenters. The van der Waals surface area contributed by atoms with E-state index in [1.54, 1.807) is 16.8 Å². The van der Waals surface area contributed by atoms with Gasteiger partial charge >= 0.3 is 0 Å². The molecule has 106 valence electrons. The Balaban J connectivity index is 1.75. The number of aromatic nitrogens is 1. The normalized spacial score (nSPS) is 12.1. The fraction of sp³-hybridized carbons (Fsp3) is 0.333. The monoisotopic (exact) mass is 308 g/mol. The molecule has 1 heterocycles. The molecule has 1 aromatic carbocycles. The highest BCUT2D eigenvalue weighted by Gasteiger charge is 2.13. The number of rotatable bonds is 6. The van der Waals surface area contributed by atoms with Crippen molar-refractivity contribution in [2.24, 2.45) is 5.92 Å². The Kier molecular flexibility index (Phi) is 5.56. The third-order valence-electron chi connectivity index (χ3n) is 3.07. The molecule has 0 saturated carbocycles. The molecule has 2 rings (SSSR count). The largest absolute Gasteiger partial charge is 0.355 e. The summed E-state index contributed by atoms with van der Waals surface area (Å²) in [5, 5.41) is 5.67. The van der Waals surface area contributed by atoms with Gasteiger partial charge < -0.3 is 5.32 Å². The van der Waals surface area contributed by atoms with E-state index in [0.717, 1.165) is 24.1 Å². The number of benzene rings is 1. The van der Waals surface area contributed by atoms with Crippen LogP contribution in [0.5, 0.6) is 0 Å².